The molecule has 0 aliphatic carbocycles. The Morgan fingerprint density at radius 3 is 1.62 bits per heavy atom. The summed E-state index contributed by atoms with van der Waals surface area (Å²) in [5.74, 6) is -0.582. The standard InChI is InChI=1S/C12H13O4.3C4H9.Sn/c1-9(13)15-7-11-5-3-4-6-12(11)8-16-10(2)14;3*1-3-4-2;/h3,5-6H,7-8H2,1-2H3;3*1,3-4H2,2H3;. The third kappa shape index (κ3) is 9.10. The summed E-state index contributed by atoms with van der Waals surface area (Å²) >= 11 is -2.56. The fourth-order valence-corrected chi connectivity index (χ4v) is 20.0. The van der Waals surface area contributed by atoms with E-state index < -0.39 is 18.4 Å². The second-order valence-electron chi connectivity index (χ2n) is 8.13. The summed E-state index contributed by atoms with van der Waals surface area (Å²) in [6.07, 6.45) is 7.62. The van der Waals surface area contributed by atoms with Crippen molar-refractivity contribution in [2.75, 3.05) is 0 Å². The van der Waals surface area contributed by atoms with E-state index in [9.17, 15) is 9.59 Å². The van der Waals surface area contributed by atoms with Crippen LogP contribution in [0.5, 0.6) is 0 Å². The van der Waals surface area contributed by atoms with Gasteiger partial charge in [-0.05, 0) is 0 Å². The van der Waals surface area contributed by atoms with Gasteiger partial charge in [0.2, 0.25) is 0 Å². The van der Waals surface area contributed by atoms with Crippen molar-refractivity contribution in [1.82, 2.24) is 0 Å². The van der Waals surface area contributed by atoms with Crippen molar-refractivity contribution >= 4 is 33.9 Å². The number of carbonyl (C=O) groups excluding carboxylic acids is 2. The van der Waals surface area contributed by atoms with E-state index in [-0.39, 0.29) is 25.2 Å². The molecule has 0 N–H and O–H groups in total. The molecule has 1 rings (SSSR count). The van der Waals surface area contributed by atoms with E-state index in [4.69, 9.17) is 9.47 Å². The normalized spacial score (nSPS) is 11.3. The SMILES string of the molecule is CCC[CH2][Sn]([CH2]CCC)([CH2]CCC)[c]1ccc(COC(C)=O)c(COC(C)=O)c1. The topological polar surface area (TPSA) is 52.6 Å². The first-order valence-electron chi connectivity index (χ1n) is 11.3. The second kappa shape index (κ2) is 14.0. The second-order valence-corrected chi connectivity index (χ2v) is 21.4. The van der Waals surface area contributed by atoms with Gasteiger partial charge in [-0.2, -0.15) is 0 Å². The molecule has 0 spiro atoms. The average Bonchev–Trinajstić information content (AvgIpc) is 2.70. The first kappa shape index (κ1) is 26.0. The molecule has 4 nitrogen and oxygen atoms in total. The van der Waals surface area contributed by atoms with Crippen LogP contribution in [0.1, 0.15) is 84.3 Å². The van der Waals surface area contributed by atoms with Gasteiger partial charge in [0.1, 0.15) is 0 Å². The van der Waals surface area contributed by atoms with E-state index in [2.05, 4.69) is 39.0 Å². The van der Waals surface area contributed by atoms with Gasteiger partial charge >= 0.3 is 182 Å². The van der Waals surface area contributed by atoms with Gasteiger partial charge < -0.3 is 0 Å². The van der Waals surface area contributed by atoms with Crippen molar-refractivity contribution < 1.29 is 19.1 Å². The van der Waals surface area contributed by atoms with E-state index in [0.29, 0.717) is 0 Å². The molecular formula is C24H40O4Sn. The Kier molecular flexibility index (Phi) is 12.6. The third-order valence-corrected chi connectivity index (χ3v) is 21.3. The summed E-state index contributed by atoms with van der Waals surface area (Å²) in [5, 5.41) is 0. The predicted octanol–water partition coefficient (Wildman–Crippen LogP) is 5.87. The van der Waals surface area contributed by atoms with Crippen molar-refractivity contribution in [3.05, 3.63) is 29.3 Å². The predicted molar refractivity (Wildman–Crippen MR) is 122 cm³/mol. The summed E-state index contributed by atoms with van der Waals surface area (Å²) in [6.45, 7) is 10.2. The van der Waals surface area contributed by atoms with Crippen LogP contribution in [-0.2, 0) is 32.3 Å². The van der Waals surface area contributed by atoms with E-state index in [1.54, 1.807) is 3.58 Å². The Labute approximate surface area is 181 Å². The average molecular weight is 511 g/mol. The van der Waals surface area contributed by atoms with Crippen molar-refractivity contribution in [3.8, 4) is 0 Å². The Morgan fingerprint density at radius 1 is 0.759 bits per heavy atom. The molecule has 1 aromatic carbocycles. The van der Waals surface area contributed by atoms with Gasteiger partial charge in [0.05, 0.1) is 0 Å². The van der Waals surface area contributed by atoms with Gasteiger partial charge in [-0.25, -0.2) is 0 Å². The number of rotatable bonds is 14. The number of ether oxygens (including phenoxy) is 2. The summed E-state index contributed by atoms with van der Waals surface area (Å²) in [4.78, 5) is 22.7. The van der Waals surface area contributed by atoms with E-state index in [1.165, 1.54) is 65.7 Å². The molecule has 0 fully saturated rings. The van der Waals surface area contributed by atoms with Gasteiger partial charge in [0.25, 0.3) is 0 Å². The summed E-state index contributed by atoms with van der Waals surface area (Å²) in [6, 6.07) is 6.69. The monoisotopic (exact) mass is 512 g/mol. The zero-order valence-electron chi connectivity index (χ0n) is 19.1. The molecule has 1 aromatic rings. The summed E-state index contributed by atoms with van der Waals surface area (Å²) in [5.41, 5.74) is 1.93. The summed E-state index contributed by atoms with van der Waals surface area (Å²) in [7, 11) is 0. The van der Waals surface area contributed by atoms with Gasteiger partial charge in [0.15, 0.2) is 0 Å². The molecule has 164 valence electrons. The molecule has 0 unspecified atom stereocenters. The molecule has 0 heterocycles. The maximum absolute atomic E-state index is 11.4. The van der Waals surface area contributed by atoms with Gasteiger partial charge in [-0.3, -0.25) is 0 Å². The van der Waals surface area contributed by atoms with Crippen LogP contribution >= 0.6 is 0 Å². The Hall–Kier alpha value is -1.04. The molecule has 29 heavy (non-hydrogen) atoms. The van der Waals surface area contributed by atoms with E-state index >= 15 is 0 Å². The number of benzene rings is 1. The van der Waals surface area contributed by atoms with Crippen LogP contribution in [0, 0.1) is 0 Å². The Morgan fingerprint density at radius 2 is 1.21 bits per heavy atom. The maximum atomic E-state index is 11.4. The van der Waals surface area contributed by atoms with Gasteiger partial charge in [-0.15, -0.1) is 0 Å². The number of unbranched alkanes of at least 4 members (excludes halogenated alkanes) is 3. The number of hydrogen-bond donors (Lipinski definition) is 0. The minimum absolute atomic E-state index is 0.230. The van der Waals surface area contributed by atoms with Gasteiger partial charge in [0, 0.05) is 0 Å². The van der Waals surface area contributed by atoms with Crippen LogP contribution in [0.15, 0.2) is 18.2 Å². The van der Waals surface area contributed by atoms with Crippen LogP contribution in [-0.4, -0.2) is 30.3 Å². The molecule has 0 amide bonds. The first-order valence-corrected chi connectivity index (χ1v) is 18.8. The molecule has 0 aliphatic rings. The van der Waals surface area contributed by atoms with Crippen LogP contribution in [0.3, 0.4) is 0 Å². The molecule has 0 saturated heterocycles. The molecule has 0 radical (unpaired) electrons. The zero-order valence-corrected chi connectivity index (χ0v) is 22.0. The Bertz CT molecular complexity index is 620. The van der Waals surface area contributed by atoms with E-state index in [0.717, 1.165) is 11.1 Å². The van der Waals surface area contributed by atoms with E-state index in [1.807, 2.05) is 0 Å². The molecular weight excluding hydrogens is 471 g/mol. The quantitative estimate of drug-likeness (QED) is 0.232. The van der Waals surface area contributed by atoms with Crippen LogP contribution in [0.4, 0.5) is 0 Å². The first-order chi connectivity index (χ1) is 13.9. The molecule has 0 bridgehead atoms. The number of hydrogen-bond acceptors (Lipinski definition) is 4. The van der Waals surface area contributed by atoms with Crippen LogP contribution < -0.4 is 3.58 Å². The number of carbonyl (C=O) groups is 2. The van der Waals surface area contributed by atoms with Crippen LogP contribution in [0.25, 0.3) is 0 Å². The third-order valence-electron chi connectivity index (χ3n) is 5.71. The van der Waals surface area contributed by atoms with Crippen LogP contribution in [0.2, 0.25) is 13.3 Å². The molecule has 5 heteroatoms. The zero-order chi connectivity index (χ0) is 21.7. The van der Waals surface area contributed by atoms with Crippen molar-refractivity contribution in [3.63, 3.8) is 0 Å². The van der Waals surface area contributed by atoms with Crippen molar-refractivity contribution in [2.24, 2.45) is 0 Å². The fourth-order valence-electron chi connectivity index (χ4n) is 3.94. The number of esters is 2. The van der Waals surface area contributed by atoms with Gasteiger partial charge in [-0.1, -0.05) is 0 Å². The molecule has 0 atom stereocenters. The summed E-state index contributed by atoms with van der Waals surface area (Å²) < 4.78 is 16.3. The molecule has 0 aromatic heterocycles. The Balaban J connectivity index is 3.33. The fraction of sp³-hybridized carbons (Fsp3) is 0.667. The van der Waals surface area contributed by atoms with Crippen molar-refractivity contribution in [1.29, 1.82) is 0 Å². The minimum atomic E-state index is -2.56. The molecule has 0 saturated carbocycles. The van der Waals surface area contributed by atoms with Crippen molar-refractivity contribution in [2.45, 2.75) is 99.7 Å². The molecule has 0 aliphatic heterocycles.